The number of anilines is 3. The summed E-state index contributed by atoms with van der Waals surface area (Å²) in [4.78, 5) is 2.36. The van der Waals surface area contributed by atoms with E-state index in [1.54, 1.807) is 0 Å². The van der Waals surface area contributed by atoms with E-state index in [1.165, 1.54) is 88.5 Å². The van der Waals surface area contributed by atoms with Crippen molar-refractivity contribution in [1.29, 1.82) is 0 Å². The molecule has 0 atom stereocenters. The van der Waals surface area contributed by atoms with Gasteiger partial charge in [0, 0.05) is 55.9 Å². The lowest BCUT2D eigenvalue weighted by atomic mass is 9.98. The summed E-state index contributed by atoms with van der Waals surface area (Å²) in [5.74, 6) is 0. The van der Waals surface area contributed by atoms with Crippen molar-refractivity contribution in [3.8, 4) is 55.9 Å². The summed E-state index contributed by atoms with van der Waals surface area (Å²) in [6.45, 7) is 0. The molecule has 0 bridgehead atoms. The molecule has 0 amide bonds. The van der Waals surface area contributed by atoms with Gasteiger partial charge >= 0.3 is 0 Å². The van der Waals surface area contributed by atoms with Crippen LogP contribution >= 0.6 is 0 Å². The van der Waals surface area contributed by atoms with Crippen molar-refractivity contribution in [3.05, 3.63) is 266 Å². The average molecular weight is 882 g/mol. The summed E-state index contributed by atoms with van der Waals surface area (Å²) < 4.78 is 4.90. The Balaban J connectivity index is 0.864. The Morgan fingerprint density at radius 2 is 0.696 bits per heavy atom. The Kier molecular flexibility index (Phi) is 9.98. The lowest BCUT2D eigenvalue weighted by Crippen LogP contribution is -2.10. The first-order valence-electron chi connectivity index (χ1n) is 24.0. The molecule has 12 aromatic rings. The van der Waals surface area contributed by atoms with Crippen LogP contribution in [0.2, 0.25) is 0 Å². The van der Waals surface area contributed by atoms with Crippen LogP contribution < -0.4 is 4.90 Å². The van der Waals surface area contributed by atoms with E-state index in [0.717, 1.165) is 41.3 Å². The standard InChI is InChI=1S/C66H47N3/c1-4-14-46(15-5-1)49-24-32-54(33-25-49)67(55-34-26-50(27-35-55)47-16-6-2-7-17-47)56-38-40-58(41-39-56)69-64-23-13-11-21-60(64)62-45-53(31-43-66(62)69)52-30-42-65-61(44-52)59-20-10-12-22-63(59)68(65)57-36-28-51(29-37-57)48-18-8-3-9-19-48/h1-12,14-22,24-45H,13,23H2. The molecule has 13 rings (SSSR count). The first-order chi connectivity index (χ1) is 34.2. The highest BCUT2D eigenvalue weighted by Crippen LogP contribution is 2.41. The van der Waals surface area contributed by atoms with Crippen molar-refractivity contribution >= 4 is 55.8 Å². The monoisotopic (exact) mass is 881 g/mol. The molecule has 1 aliphatic rings. The van der Waals surface area contributed by atoms with Gasteiger partial charge in [0.05, 0.1) is 16.6 Å². The SMILES string of the molecule is C1=Cc2c(n(-c3ccc(N(c4ccc(-c5ccccc5)cc4)c4ccc(-c5ccccc5)cc4)cc3)c3ccc(-c4ccc5c(c4)c4ccccc4n5-c4ccc(-c5ccccc5)cc4)cc23)CC1. The van der Waals surface area contributed by atoms with Gasteiger partial charge in [-0.15, -0.1) is 0 Å². The quantitative estimate of drug-likeness (QED) is 0.141. The highest BCUT2D eigenvalue weighted by molar-refractivity contribution is 6.11. The molecule has 0 saturated carbocycles. The van der Waals surface area contributed by atoms with Crippen LogP contribution in [0.4, 0.5) is 17.1 Å². The maximum Gasteiger partial charge on any atom is 0.0541 e. The van der Waals surface area contributed by atoms with Gasteiger partial charge in [-0.2, -0.15) is 0 Å². The molecule has 1 aliphatic carbocycles. The first-order valence-corrected chi connectivity index (χ1v) is 24.0. The molecule has 326 valence electrons. The minimum absolute atomic E-state index is 0.989. The molecule has 2 heterocycles. The second-order valence-corrected chi connectivity index (χ2v) is 18.0. The van der Waals surface area contributed by atoms with Gasteiger partial charge in [-0.3, -0.25) is 0 Å². The molecule has 0 aliphatic heterocycles. The normalized spacial score (nSPS) is 12.2. The van der Waals surface area contributed by atoms with Crippen molar-refractivity contribution in [1.82, 2.24) is 9.13 Å². The maximum absolute atomic E-state index is 2.50. The fourth-order valence-electron chi connectivity index (χ4n) is 10.6. The Hall–Kier alpha value is -8.92. The zero-order valence-corrected chi connectivity index (χ0v) is 38.1. The lowest BCUT2D eigenvalue weighted by molar-refractivity contribution is 0.888. The summed E-state index contributed by atoms with van der Waals surface area (Å²) in [6, 6.07) is 90.6. The summed E-state index contributed by atoms with van der Waals surface area (Å²) in [6.07, 6.45) is 6.69. The van der Waals surface area contributed by atoms with Crippen molar-refractivity contribution in [2.75, 3.05) is 4.90 Å². The topological polar surface area (TPSA) is 13.1 Å². The third-order valence-corrected chi connectivity index (χ3v) is 14.0. The zero-order valence-electron chi connectivity index (χ0n) is 38.1. The highest BCUT2D eigenvalue weighted by atomic mass is 15.1. The third kappa shape index (κ3) is 7.24. The van der Waals surface area contributed by atoms with Crippen molar-refractivity contribution in [3.63, 3.8) is 0 Å². The molecule has 0 saturated heterocycles. The first kappa shape index (κ1) is 40.4. The van der Waals surface area contributed by atoms with Gasteiger partial charge in [0.1, 0.15) is 0 Å². The molecular formula is C66H47N3. The van der Waals surface area contributed by atoms with Crippen LogP contribution in [-0.2, 0) is 6.42 Å². The third-order valence-electron chi connectivity index (χ3n) is 14.0. The van der Waals surface area contributed by atoms with Crippen molar-refractivity contribution < 1.29 is 0 Å². The van der Waals surface area contributed by atoms with Crippen LogP contribution in [0, 0.1) is 0 Å². The molecule has 0 radical (unpaired) electrons. The number of rotatable bonds is 9. The molecular weight excluding hydrogens is 835 g/mol. The summed E-state index contributed by atoms with van der Waals surface area (Å²) >= 11 is 0. The van der Waals surface area contributed by atoms with E-state index in [0.29, 0.717) is 0 Å². The van der Waals surface area contributed by atoms with Crippen LogP contribution in [0.15, 0.2) is 255 Å². The smallest absolute Gasteiger partial charge is 0.0541 e. The number of aromatic nitrogens is 2. The van der Waals surface area contributed by atoms with Crippen LogP contribution in [0.5, 0.6) is 0 Å². The number of hydrogen-bond acceptors (Lipinski definition) is 1. The largest absolute Gasteiger partial charge is 0.313 e. The van der Waals surface area contributed by atoms with E-state index in [9.17, 15) is 0 Å². The Labute approximate surface area is 402 Å². The molecule has 10 aromatic carbocycles. The molecule has 69 heavy (non-hydrogen) atoms. The number of fused-ring (bicyclic) bond motifs is 6. The van der Waals surface area contributed by atoms with Gasteiger partial charge < -0.3 is 14.0 Å². The maximum atomic E-state index is 2.50. The van der Waals surface area contributed by atoms with Gasteiger partial charge in [0.15, 0.2) is 0 Å². The van der Waals surface area contributed by atoms with Gasteiger partial charge in [0.2, 0.25) is 0 Å². The van der Waals surface area contributed by atoms with Crippen LogP contribution in [0.3, 0.4) is 0 Å². The summed E-state index contributed by atoms with van der Waals surface area (Å²) in [5, 5.41) is 3.79. The number of nitrogens with zero attached hydrogens (tertiary/aromatic N) is 3. The van der Waals surface area contributed by atoms with Gasteiger partial charge in [0.25, 0.3) is 0 Å². The van der Waals surface area contributed by atoms with Crippen LogP contribution in [0.25, 0.3) is 94.7 Å². The van der Waals surface area contributed by atoms with Gasteiger partial charge in [-0.1, -0.05) is 170 Å². The highest BCUT2D eigenvalue weighted by Gasteiger charge is 2.21. The molecule has 2 aromatic heterocycles. The fraction of sp³-hybridized carbons (Fsp3) is 0.0303. The second-order valence-electron chi connectivity index (χ2n) is 18.0. The molecule has 0 unspecified atom stereocenters. The Morgan fingerprint density at radius 1 is 0.304 bits per heavy atom. The molecule has 3 nitrogen and oxygen atoms in total. The van der Waals surface area contributed by atoms with Crippen molar-refractivity contribution in [2.45, 2.75) is 12.8 Å². The van der Waals surface area contributed by atoms with Gasteiger partial charge in [-0.05, 0) is 148 Å². The number of para-hydroxylation sites is 1. The van der Waals surface area contributed by atoms with E-state index in [2.05, 4.69) is 275 Å². The van der Waals surface area contributed by atoms with E-state index in [-0.39, 0.29) is 0 Å². The average Bonchev–Trinajstić information content (AvgIpc) is 3.94. The predicted molar refractivity (Wildman–Crippen MR) is 291 cm³/mol. The molecule has 0 N–H and O–H groups in total. The van der Waals surface area contributed by atoms with Gasteiger partial charge in [-0.25, -0.2) is 0 Å². The number of allylic oxidation sites excluding steroid dienone is 1. The lowest BCUT2D eigenvalue weighted by Gasteiger charge is -2.26. The van der Waals surface area contributed by atoms with Crippen molar-refractivity contribution in [2.24, 2.45) is 0 Å². The van der Waals surface area contributed by atoms with Crippen LogP contribution in [-0.4, -0.2) is 9.13 Å². The van der Waals surface area contributed by atoms with E-state index >= 15 is 0 Å². The predicted octanol–water partition coefficient (Wildman–Crippen LogP) is 17.8. The Bertz CT molecular complexity index is 3740. The summed E-state index contributed by atoms with van der Waals surface area (Å²) in [7, 11) is 0. The number of benzene rings is 10. The van der Waals surface area contributed by atoms with E-state index < -0.39 is 0 Å². The molecule has 3 heteroatoms. The minimum Gasteiger partial charge on any atom is -0.313 e. The molecule has 0 spiro atoms. The molecule has 0 fully saturated rings. The van der Waals surface area contributed by atoms with Crippen LogP contribution in [0.1, 0.15) is 17.7 Å². The Morgan fingerprint density at radius 3 is 1.25 bits per heavy atom. The van der Waals surface area contributed by atoms with E-state index in [4.69, 9.17) is 0 Å². The summed E-state index contributed by atoms with van der Waals surface area (Å²) in [5.41, 5.74) is 21.7. The fourth-order valence-corrected chi connectivity index (χ4v) is 10.6. The second kappa shape index (κ2) is 17.1. The van der Waals surface area contributed by atoms with E-state index in [1.807, 2.05) is 0 Å². The number of hydrogen-bond donors (Lipinski definition) is 0. The zero-order chi connectivity index (χ0) is 45.7. The minimum atomic E-state index is 0.989.